The average molecular weight is 337 g/mol. The number of methoxy groups -OCH3 is 1. The number of ether oxygens (including phenoxy) is 1. The highest BCUT2D eigenvalue weighted by molar-refractivity contribution is 9.10. The van der Waals surface area contributed by atoms with Crippen molar-refractivity contribution in [3.8, 4) is 5.75 Å². The fourth-order valence-corrected chi connectivity index (χ4v) is 2.59. The topological polar surface area (TPSA) is 81.4 Å². The van der Waals surface area contributed by atoms with E-state index >= 15 is 0 Å². The van der Waals surface area contributed by atoms with Crippen LogP contribution < -0.4 is 15.2 Å². The summed E-state index contributed by atoms with van der Waals surface area (Å²) in [5, 5.41) is 8.06. The molecule has 0 amide bonds. The largest absolute Gasteiger partial charge is 0.496 e. The van der Waals surface area contributed by atoms with Crippen LogP contribution in [0.5, 0.6) is 5.75 Å². The van der Waals surface area contributed by atoms with Crippen LogP contribution in [0.4, 0.5) is 0 Å². The molecule has 0 atom stereocenters. The number of halogens is 1. The van der Waals surface area contributed by atoms with E-state index in [1.807, 2.05) is 18.2 Å². The number of sulfonamides is 1. The summed E-state index contributed by atoms with van der Waals surface area (Å²) < 4.78 is 27.4. The molecule has 102 valence electrons. The highest BCUT2D eigenvalue weighted by Gasteiger charge is 2.03. The zero-order valence-corrected chi connectivity index (χ0v) is 12.6. The van der Waals surface area contributed by atoms with Crippen LogP contribution in [-0.2, 0) is 16.6 Å². The Labute approximate surface area is 116 Å². The lowest BCUT2D eigenvalue weighted by atomic mass is 10.2. The molecule has 0 unspecified atom stereocenters. The Morgan fingerprint density at radius 3 is 2.72 bits per heavy atom. The molecule has 1 aromatic carbocycles. The van der Waals surface area contributed by atoms with Gasteiger partial charge in [0.2, 0.25) is 10.0 Å². The van der Waals surface area contributed by atoms with Crippen molar-refractivity contribution in [1.82, 2.24) is 5.32 Å². The molecule has 0 saturated carbocycles. The minimum absolute atomic E-state index is 0.00626. The molecule has 0 fully saturated rings. The van der Waals surface area contributed by atoms with Crippen molar-refractivity contribution in [2.24, 2.45) is 5.14 Å². The second-order valence-electron chi connectivity index (χ2n) is 3.87. The SMILES string of the molecule is COc1ccc(CNCCCS(N)(=O)=O)cc1Br. The van der Waals surface area contributed by atoms with Gasteiger partial charge in [0.15, 0.2) is 0 Å². The predicted molar refractivity (Wildman–Crippen MR) is 75.0 cm³/mol. The molecule has 3 N–H and O–H groups in total. The lowest BCUT2D eigenvalue weighted by Gasteiger charge is -2.07. The summed E-state index contributed by atoms with van der Waals surface area (Å²) in [4.78, 5) is 0. The van der Waals surface area contributed by atoms with E-state index in [-0.39, 0.29) is 5.75 Å². The van der Waals surface area contributed by atoms with Gasteiger partial charge in [-0.15, -0.1) is 0 Å². The van der Waals surface area contributed by atoms with Gasteiger partial charge in [-0.1, -0.05) is 6.07 Å². The summed E-state index contributed by atoms with van der Waals surface area (Å²) in [6.45, 7) is 1.29. The first kappa shape index (κ1) is 15.4. The zero-order chi connectivity index (χ0) is 13.6. The van der Waals surface area contributed by atoms with E-state index in [0.29, 0.717) is 19.5 Å². The second kappa shape index (κ2) is 7.08. The van der Waals surface area contributed by atoms with E-state index in [1.54, 1.807) is 7.11 Å². The van der Waals surface area contributed by atoms with Crippen molar-refractivity contribution in [3.05, 3.63) is 28.2 Å². The Morgan fingerprint density at radius 2 is 2.17 bits per heavy atom. The van der Waals surface area contributed by atoms with Crippen LogP contribution in [0.3, 0.4) is 0 Å². The molecular formula is C11H17BrN2O3S. The number of hydrogen-bond donors (Lipinski definition) is 2. The van der Waals surface area contributed by atoms with E-state index in [0.717, 1.165) is 15.8 Å². The maximum absolute atomic E-state index is 10.7. The molecule has 0 aromatic heterocycles. The summed E-state index contributed by atoms with van der Waals surface area (Å²) in [6, 6.07) is 5.80. The van der Waals surface area contributed by atoms with Gasteiger partial charge in [0, 0.05) is 6.54 Å². The first-order chi connectivity index (χ1) is 8.42. The third-order valence-electron chi connectivity index (χ3n) is 2.33. The van der Waals surface area contributed by atoms with Gasteiger partial charge >= 0.3 is 0 Å². The third kappa shape index (κ3) is 5.81. The van der Waals surface area contributed by atoms with Crippen LogP contribution in [0.2, 0.25) is 0 Å². The number of hydrogen-bond acceptors (Lipinski definition) is 4. The number of nitrogens with one attached hydrogen (secondary N) is 1. The van der Waals surface area contributed by atoms with Gasteiger partial charge in [-0.05, 0) is 46.6 Å². The highest BCUT2D eigenvalue weighted by Crippen LogP contribution is 2.25. The lowest BCUT2D eigenvalue weighted by Crippen LogP contribution is -2.22. The van der Waals surface area contributed by atoms with Crippen molar-refractivity contribution in [1.29, 1.82) is 0 Å². The molecule has 0 aliphatic carbocycles. The van der Waals surface area contributed by atoms with Crippen molar-refractivity contribution < 1.29 is 13.2 Å². The number of primary sulfonamides is 1. The van der Waals surface area contributed by atoms with E-state index in [1.165, 1.54) is 0 Å². The average Bonchev–Trinajstić information content (AvgIpc) is 2.27. The van der Waals surface area contributed by atoms with Crippen LogP contribution in [0.15, 0.2) is 22.7 Å². The third-order valence-corrected chi connectivity index (χ3v) is 3.81. The summed E-state index contributed by atoms with van der Waals surface area (Å²) >= 11 is 3.41. The minimum Gasteiger partial charge on any atom is -0.496 e. The maximum atomic E-state index is 10.7. The van der Waals surface area contributed by atoms with Crippen molar-refractivity contribution >= 4 is 26.0 Å². The molecule has 0 heterocycles. The first-order valence-electron chi connectivity index (χ1n) is 5.46. The Kier molecular flexibility index (Phi) is 6.07. The zero-order valence-electron chi connectivity index (χ0n) is 10.1. The standard InChI is InChI=1S/C11H17BrN2O3S/c1-17-11-4-3-9(7-10(11)12)8-14-5-2-6-18(13,15)16/h3-4,7,14H,2,5-6,8H2,1H3,(H2,13,15,16). The van der Waals surface area contributed by atoms with Crippen LogP contribution in [0.25, 0.3) is 0 Å². The van der Waals surface area contributed by atoms with Gasteiger partial charge in [0.1, 0.15) is 5.75 Å². The Hall–Kier alpha value is -0.630. The molecule has 0 radical (unpaired) electrons. The molecule has 7 heteroatoms. The summed E-state index contributed by atoms with van der Waals surface area (Å²) in [7, 11) is -1.73. The van der Waals surface area contributed by atoms with Gasteiger partial charge in [-0.3, -0.25) is 0 Å². The fraction of sp³-hybridized carbons (Fsp3) is 0.455. The number of nitrogens with two attached hydrogens (primary N) is 1. The second-order valence-corrected chi connectivity index (χ2v) is 6.45. The van der Waals surface area contributed by atoms with Crippen molar-refractivity contribution in [2.45, 2.75) is 13.0 Å². The van der Waals surface area contributed by atoms with Crippen molar-refractivity contribution in [2.75, 3.05) is 19.4 Å². The van der Waals surface area contributed by atoms with Crippen LogP contribution in [0, 0.1) is 0 Å². The molecule has 5 nitrogen and oxygen atoms in total. The summed E-state index contributed by atoms with van der Waals surface area (Å²) in [5.41, 5.74) is 1.10. The Morgan fingerprint density at radius 1 is 1.44 bits per heavy atom. The molecular weight excluding hydrogens is 320 g/mol. The van der Waals surface area contributed by atoms with Crippen LogP contribution >= 0.6 is 15.9 Å². The number of benzene rings is 1. The van der Waals surface area contributed by atoms with Crippen LogP contribution in [-0.4, -0.2) is 27.8 Å². The van der Waals surface area contributed by atoms with Gasteiger partial charge in [-0.25, -0.2) is 13.6 Å². The maximum Gasteiger partial charge on any atom is 0.209 e. The normalized spacial score (nSPS) is 11.5. The van der Waals surface area contributed by atoms with Gasteiger partial charge in [-0.2, -0.15) is 0 Å². The van der Waals surface area contributed by atoms with Crippen molar-refractivity contribution in [3.63, 3.8) is 0 Å². The van der Waals surface area contributed by atoms with E-state index in [9.17, 15) is 8.42 Å². The molecule has 18 heavy (non-hydrogen) atoms. The molecule has 0 bridgehead atoms. The molecule has 0 spiro atoms. The van der Waals surface area contributed by atoms with E-state index < -0.39 is 10.0 Å². The molecule has 0 saturated heterocycles. The quantitative estimate of drug-likeness (QED) is 0.733. The monoisotopic (exact) mass is 336 g/mol. The predicted octanol–water partition coefficient (Wildman–Crippen LogP) is 1.23. The van der Waals surface area contributed by atoms with E-state index in [2.05, 4.69) is 21.2 Å². The molecule has 1 rings (SSSR count). The summed E-state index contributed by atoms with van der Waals surface area (Å²) in [5.74, 6) is 0.791. The number of rotatable bonds is 7. The van der Waals surface area contributed by atoms with E-state index in [4.69, 9.17) is 9.88 Å². The summed E-state index contributed by atoms with van der Waals surface area (Å²) in [6.07, 6.45) is 0.510. The first-order valence-corrected chi connectivity index (χ1v) is 7.97. The Balaban J connectivity index is 2.34. The van der Waals surface area contributed by atoms with Gasteiger partial charge in [0.25, 0.3) is 0 Å². The van der Waals surface area contributed by atoms with Gasteiger partial charge in [0.05, 0.1) is 17.3 Å². The van der Waals surface area contributed by atoms with Gasteiger partial charge < -0.3 is 10.1 Å². The lowest BCUT2D eigenvalue weighted by molar-refractivity contribution is 0.412. The highest BCUT2D eigenvalue weighted by atomic mass is 79.9. The molecule has 0 aliphatic heterocycles. The van der Waals surface area contributed by atoms with Crippen LogP contribution in [0.1, 0.15) is 12.0 Å². The fourth-order valence-electron chi connectivity index (χ4n) is 1.45. The Bertz CT molecular complexity index is 491. The molecule has 1 aromatic rings. The smallest absolute Gasteiger partial charge is 0.209 e. The molecule has 0 aliphatic rings. The minimum atomic E-state index is -3.35.